The molecule has 0 aliphatic heterocycles. The molecule has 0 aromatic carbocycles. The predicted octanol–water partition coefficient (Wildman–Crippen LogP) is 3.59. The maximum Gasteiger partial charge on any atom is 0.318 e. The van der Waals surface area contributed by atoms with Crippen LogP contribution in [0, 0.1) is 10.8 Å². The molecule has 0 fully saturated rings. The third-order valence-corrected chi connectivity index (χ3v) is 3.75. The Hall–Kier alpha value is -1.45. The molecule has 0 N–H and O–H groups in total. The van der Waals surface area contributed by atoms with E-state index in [9.17, 15) is 14.4 Å². The standard InChI is InChI=1S/C17H26O4/c1-16(2,3)15(20)17(4,5)13(18)11-14(19)21-12-9-7-6-8-10-12/h9H,6-8,10-11H2,1-5H3. The quantitative estimate of drug-likeness (QED) is 0.574. The highest BCUT2D eigenvalue weighted by Crippen LogP contribution is 2.31. The van der Waals surface area contributed by atoms with Crippen LogP contribution in [0.25, 0.3) is 0 Å². The maximum absolute atomic E-state index is 12.3. The molecule has 0 amide bonds. The Labute approximate surface area is 126 Å². The topological polar surface area (TPSA) is 60.4 Å². The van der Waals surface area contributed by atoms with E-state index in [1.807, 2.05) is 6.08 Å². The lowest BCUT2D eigenvalue weighted by Crippen LogP contribution is -2.41. The summed E-state index contributed by atoms with van der Waals surface area (Å²) < 4.78 is 5.21. The van der Waals surface area contributed by atoms with Crippen LogP contribution in [0.15, 0.2) is 11.8 Å². The van der Waals surface area contributed by atoms with Crippen LogP contribution in [-0.4, -0.2) is 17.5 Å². The van der Waals surface area contributed by atoms with E-state index >= 15 is 0 Å². The first-order chi connectivity index (χ1) is 9.55. The first kappa shape index (κ1) is 17.6. The van der Waals surface area contributed by atoms with Gasteiger partial charge < -0.3 is 4.74 Å². The summed E-state index contributed by atoms with van der Waals surface area (Å²) in [6.07, 6.45) is 5.30. The molecular weight excluding hydrogens is 268 g/mol. The minimum atomic E-state index is -1.17. The number of allylic oxidation sites excluding steroid dienone is 2. The van der Waals surface area contributed by atoms with E-state index in [-0.39, 0.29) is 18.0 Å². The summed E-state index contributed by atoms with van der Waals surface area (Å²) in [7, 11) is 0. The Morgan fingerprint density at radius 2 is 1.71 bits per heavy atom. The lowest BCUT2D eigenvalue weighted by Gasteiger charge is -2.29. The van der Waals surface area contributed by atoms with Gasteiger partial charge in [0.2, 0.25) is 0 Å². The second-order valence-electron chi connectivity index (χ2n) is 7.19. The fourth-order valence-corrected chi connectivity index (χ4v) is 2.50. The smallest absolute Gasteiger partial charge is 0.318 e. The highest BCUT2D eigenvalue weighted by atomic mass is 16.5. The number of esters is 1. The highest BCUT2D eigenvalue weighted by molar-refractivity contribution is 6.12. The molecule has 0 atom stereocenters. The molecule has 0 radical (unpaired) electrons. The molecule has 0 heterocycles. The van der Waals surface area contributed by atoms with Crippen LogP contribution in [0.2, 0.25) is 0 Å². The third-order valence-electron chi connectivity index (χ3n) is 3.75. The van der Waals surface area contributed by atoms with Gasteiger partial charge in [-0.15, -0.1) is 0 Å². The van der Waals surface area contributed by atoms with Gasteiger partial charge in [0.1, 0.15) is 12.2 Å². The minimum Gasteiger partial charge on any atom is -0.431 e. The van der Waals surface area contributed by atoms with E-state index in [1.165, 1.54) is 0 Å². The molecule has 0 aromatic heterocycles. The molecule has 21 heavy (non-hydrogen) atoms. The zero-order valence-electron chi connectivity index (χ0n) is 13.7. The monoisotopic (exact) mass is 294 g/mol. The van der Waals surface area contributed by atoms with Crippen LogP contribution in [0.4, 0.5) is 0 Å². The van der Waals surface area contributed by atoms with Crippen molar-refractivity contribution in [2.45, 2.75) is 66.7 Å². The van der Waals surface area contributed by atoms with Crippen molar-refractivity contribution in [2.75, 3.05) is 0 Å². The second kappa shape index (κ2) is 6.54. The number of hydrogen-bond donors (Lipinski definition) is 0. The summed E-state index contributed by atoms with van der Waals surface area (Å²) in [5, 5.41) is 0. The van der Waals surface area contributed by atoms with Crippen LogP contribution < -0.4 is 0 Å². The van der Waals surface area contributed by atoms with E-state index in [1.54, 1.807) is 34.6 Å². The molecule has 1 aliphatic carbocycles. The molecule has 0 bridgehead atoms. The molecule has 0 saturated carbocycles. The van der Waals surface area contributed by atoms with Gasteiger partial charge >= 0.3 is 5.97 Å². The van der Waals surface area contributed by atoms with Gasteiger partial charge in [0.05, 0.1) is 5.41 Å². The molecule has 4 heteroatoms. The fraction of sp³-hybridized carbons (Fsp3) is 0.706. The summed E-state index contributed by atoms with van der Waals surface area (Å²) in [6, 6.07) is 0. The van der Waals surface area contributed by atoms with Crippen LogP contribution in [0.5, 0.6) is 0 Å². The molecular formula is C17H26O4. The van der Waals surface area contributed by atoms with Crippen molar-refractivity contribution in [3.63, 3.8) is 0 Å². The largest absolute Gasteiger partial charge is 0.431 e. The van der Waals surface area contributed by atoms with E-state index in [0.29, 0.717) is 5.76 Å². The Balaban J connectivity index is 2.65. The third kappa shape index (κ3) is 4.80. The van der Waals surface area contributed by atoms with Crippen LogP contribution >= 0.6 is 0 Å². The number of Topliss-reactive ketones (excluding diaryl/α,β-unsaturated/α-hetero) is 2. The average Bonchev–Trinajstić information content (AvgIpc) is 2.37. The summed E-state index contributed by atoms with van der Waals surface area (Å²) in [5.74, 6) is -0.463. The lowest BCUT2D eigenvalue weighted by molar-refractivity contribution is -0.148. The van der Waals surface area contributed by atoms with Gasteiger partial charge in [0, 0.05) is 11.8 Å². The Kier molecular flexibility index (Phi) is 5.48. The van der Waals surface area contributed by atoms with Crippen molar-refractivity contribution in [1.29, 1.82) is 0 Å². The summed E-state index contributed by atoms with van der Waals surface area (Å²) in [6.45, 7) is 8.48. The van der Waals surface area contributed by atoms with Gasteiger partial charge in [0.15, 0.2) is 11.6 Å². The van der Waals surface area contributed by atoms with Crippen molar-refractivity contribution in [3.05, 3.63) is 11.8 Å². The van der Waals surface area contributed by atoms with E-state index in [2.05, 4.69) is 0 Å². The first-order valence-electron chi connectivity index (χ1n) is 7.53. The van der Waals surface area contributed by atoms with Gasteiger partial charge in [0.25, 0.3) is 0 Å². The highest BCUT2D eigenvalue weighted by Gasteiger charge is 2.42. The number of ketones is 2. The zero-order valence-corrected chi connectivity index (χ0v) is 13.7. The SMILES string of the molecule is CC(C)(C)C(=O)C(C)(C)C(=O)CC(=O)OC1=CCCCC1. The lowest BCUT2D eigenvalue weighted by atomic mass is 9.72. The first-order valence-corrected chi connectivity index (χ1v) is 7.53. The Morgan fingerprint density at radius 3 is 2.19 bits per heavy atom. The second-order valence-corrected chi connectivity index (χ2v) is 7.19. The summed E-state index contributed by atoms with van der Waals surface area (Å²) in [5.41, 5.74) is -1.78. The Morgan fingerprint density at radius 1 is 1.10 bits per heavy atom. The fourth-order valence-electron chi connectivity index (χ4n) is 2.50. The van der Waals surface area contributed by atoms with E-state index in [0.717, 1.165) is 25.7 Å². The van der Waals surface area contributed by atoms with E-state index < -0.39 is 16.8 Å². The normalized spacial score (nSPS) is 16.1. The molecule has 1 rings (SSSR count). The number of carbonyl (C=O) groups excluding carboxylic acids is 3. The summed E-state index contributed by atoms with van der Waals surface area (Å²) >= 11 is 0. The molecule has 4 nitrogen and oxygen atoms in total. The van der Waals surface area contributed by atoms with E-state index in [4.69, 9.17) is 4.74 Å². The zero-order chi connectivity index (χ0) is 16.3. The van der Waals surface area contributed by atoms with Crippen LogP contribution in [0.1, 0.15) is 66.7 Å². The van der Waals surface area contributed by atoms with Crippen molar-refractivity contribution in [3.8, 4) is 0 Å². The molecule has 0 saturated heterocycles. The van der Waals surface area contributed by atoms with Crippen molar-refractivity contribution in [2.24, 2.45) is 10.8 Å². The maximum atomic E-state index is 12.3. The molecule has 1 aliphatic rings. The Bertz CT molecular complexity index is 464. The van der Waals surface area contributed by atoms with Crippen molar-refractivity contribution < 1.29 is 19.1 Å². The molecule has 0 unspecified atom stereocenters. The van der Waals surface area contributed by atoms with Crippen LogP contribution in [-0.2, 0) is 19.1 Å². The van der Waals surface area contributed by atoms with Crippen molar-refractivity contribution in [1.82, 2.24) is 0 Å². The molecule has 0 aromatic rings. The van der Waals surface area contributed by atoms with Gasteiger partial charge in [-0.05, 0) is 39.2 Å². The van der Waals surface area contributed by atoms with Gasteiger partial charge in [-0.25, -0.2) is 0 Å². The average molecular weight is 294 g/mol. The predicted molar refractivity (Wildman–Crippen MR) is 80.5 cm³/mol. The number of hydrogen-bond acceptors (Lipinski definition) is 4. The van der Waals surface area contributed by atoms with Gasteiger partial charge in [-0.2, -0.15) is 0 Å². The minimum absolute atomic E-state index is 0.162. The number of carbonyl (C=O) groups is 3. The number of rotatable bonds is 5. The summed E-state index contributed by atoms with van der Waals surface area (Å²) in [4.78, 5) is 36.4. The van der Waals surface area contributed by atoms with Crippen LogP contribution in [0.3, 0.4) is 0 Å². The molecule has 0 spiro atoms. The van der Waals surface area contributed by atoms with Gasteiger partial charge in [-0.1, -0.05) is 20.8 Å². The number of ether oxygens (including phenoxy) is 1. The van der Waals surface area contributed by atoms with Gasteiger partial charge in [-0.3, -0.25) is 14.4 Å². The van der Waals surface area contributed by atoms with Crippen molar-refractivity contribution >= 4 is 17.5 Å². The molecule has 118 valence electrons.